The van der Waals surface area contributed by atoms with E-state index in [1.54, 1.807) is 24.3 Å². The summed E-state index contributed by atoms with van der Waals surface area (Å²) in [5, 5.41) is 3.20. The lowest BCUT2D eigenvalue weighted by atomic mass is 10.2. The lowest BCUT2D eigenvalue weighted by Crippen LogP contribution is -2.15. The van der Waals surface area contributed by atoms with Crippen LogP contribution >= 0.6 is 11.6 Å². The van der Waals surface area contributed by atoms with Crippen molar-refractivity contribution in [2.75, 3.05) is 11.1 Å². The molecule has 0 saturated carbocycles. The summed E-state index contributed by atoms with van der Waals surface area (Å²) < 4.78 is 0. The predicted molar refractivity (Wildman–Crippen MR) is 72.8 cm³/mol. The van der Waals surface area contributed by atoms with Crippen LogP contribution in [0.4, 0.5) is 11.5 Å². The van der Waals surface area contributed by atoms with E-state index in [2.05, 4.69) is 10.3 Å². The molecule has 0 bridgehead atoms. The van der Waals surface area contributed by atoms with E-state index < -0.39 is 0 Å². The number of nitrogens with zero attached hydrogens (tertiary/aromatic N) is 1. The minimum atomic E-state index is -0.326. The van der Waals surface area contributed by atoms with E-state index in [0.717, 1.165) is 5.56 Å². The molecule has 0 unspecified atom stereocenters. The maximum Gasteiger partial charge on any atom is 0.259 e. The number of aromatic nitrogens is 1. The van der Waals surface area contributed by atoms with Gasteiger partial charge in [-0.25, -0.2) is 4.98 Å². The Labute approximate surface area is 110 Å². The molecule has 1 heterocycles. The lowest BCUT2D eigenvalue weighted by Gasteiger charge is -2.09. The molecule has 0 saturated heterocycles. The topological polar surface area (TPSA) is 68.0 Å². The first-order chi connectivity index (χ1) is 8.58. The van der Waals surface area contributed by atoms with Gasteiger partial charge in [0, 0.05) is 6.20 Å². The second-order valence-electron chi connectivity index (χ2n) is 3.87. The van der Waals surface area contributed by atoms with E-state index in [4.69, 9.17) is 17.3 Å². The Bertz CT molecular complexity index is 599. The fraction of sp³-hybridized carbons (Fsp3) is 0.0769. The average Bonchev–Trinajstić information content (AvgIpc) is 2.34. The number of halogens is 1. The van der Waals surface area contributed by atoms with Crippen LogP contribution in [-0.2, 0) is 0 Å². The molecule has 0 aliphatic carbocycles. The zero-order valence-corrected chi connectivity index (χ0v) is 10.5. The van der Waals surface area contributed by atoms with E-state index in [1.807, 2.05) is 13.0 Å². The van der Waals surface area contributed by atoms with Crippen molar-refractivity contribution in [3.05, 3.63) is 52.7 Å². The van der Waals surface area contributed by atoms with Crippen molar-refractivity contribution in [2.24, 2.45) is 0 Å². The number of anilines is 2. The number of hydrogen-bond acceptors (Lipinski definition) is 3. The summed E-state index contributed by atoms with van der Waals surface area (Å²) in [7, 11) is 0. The van der Waals surface area contributed by atoms with Crippen LogP contribution in [0.25, 0.3) is 0 Å². The third-order valence-corrected chi connectivity index (χ3v) is 2.78. The molecule has 0 fully saturated rings. The normalized spacial score (nSPS) is 10.1. The van der Waals surface area contributed by atoms with Crippen molar-refractivity contribution in [3.63, 3.8) is 0 Å². The Morgan fingerprint density at radius 2 is 2.17 bits per heavy atom. The van der Waals surface area contributed by atoms with Crippen LogP contribution in [-0.4, -0.2) is 10.9 Å². The van der Waals surface area contributed by atoms with Crippen molar-refractivity contribution in [1.82, 2.24) is 4.98 Å². The molecule has 1 aromatic heterocycles. The minimum Gasteiger partial charge on any atom is -0.383 e. The van der Waals surface area contributed by atoms with Gasteiger partial charge in [-0.3, -0.25) is 4.79 Å². The molecule has 1 aromatic carbocycles. The summed E-state index contributed by atoms with van der Waals surface area (Å²) in [5.74, 6) is -0.133. The molecule has 92 valence electrons. The zero-order valence-electron chi connectivity index (χ0n) is 9.77. The molecule has 5 heteroatoms. The van der Waals surface area contributed by atoms with Crippen molar-refractivity contribution >= 4 is 29.0 Å². The van der Waals surface area contributed by atoms with Crippen molar-refractivity contribution < 1.29 is 4.79 Å². The van der Waals surface area contributed by atoms with E-state index in [0.29, 0.717) is 16.3 Å². The summed E-state index contributed by atoms with van der Waals surface area (Å²) in [6.07, 6.45) is 1.53. The van der Waals surface area contributed by atoms with Gasteiger partial charge in [-0.15, -0.1) is 0 Å². The molecule has 0 spiro atoms. The monoisotopic (exact) mass is 261 g/mol. The molecule has 3 N–H and O–H groups in total. The molecule has 0 aliphatic rings. The molecule has 0 aliphatic heterocycles. The fourth-order valence-electron chi connectivity index (χ4n) is 1.53. The first-order valence-corrected chi connectivity index (χ1v) is 5.73. The van der Waals surface area contributed by atoms with Gasteiger partial charge in [0.2, 0.25) is 0 Å². The number of pyridine rings is 1. The lowest BCUT2D eigenvalue weighted by molar-refractivity contribution is 0.102. The van der Waals surface area contributed by atoms with Gasteiger partial charge >= 0.3 is 0 Å². The number of nitrogens with one attached hydrogen (secondary N) is 1. The predicted octanol–water partition coefficient (Wildman–Crippen LogP) is 2.88. The van der Waals surface area contributed by atoms with E-state index in [-0.39, 0.29) is 11.7 Å². The second-order valence-corrected chi connectivity index (χ2v) is 4.28. The highest BCUT2D eigenvalue weighted by molar-refractivity contribution is 6.34. The number of benzene rings is 1. The smallest absolute Gasteiger partial charge is 0.259 e. The summed E-state index contributed by atoms with van der Waals surface area (Å²) >= 11 is 6.01. The fourth-order valence-corrected chi connectivity index (χ4v) is 1.70. The highest BCUT2D eigenvalue weighted by atomic mass is 35.5. The standard InChI is InChI=1S/C13H12ClN3O/c1-8-4-5-10(14)11(7-8)17-13(18)9-3-2-6-16-12(9)15/h2-7H,1H3,(H2,15,16)(H,17,18). The van der Waals surface area contributed by atoms with Crippen LogP contribution in [0.2, 0.25) is 5.02 Å². The van der Waals surface area contributed by atoms with Gasteiger partial charge in [0.15, 0.2) is 0 Å². The Hall–Kier alpha value is -2.07. The van der Waals surface area contributed by atoms with Gasteiger partial charge in [0.25, 0.3) is 5.91 Å². The van der Waals surface area contributed by atoms with Gasteiger partial charge in [-0.05, 0) is 36.8 Å². The maximum atomic E-state index is 12.0. The molecule has 0 atom stereocenters. The van der Waals surface area contributed by atoms with Crippen LogP contribution in [0.15, 0.2) is 36.5 Å². The molecule has 2 rings (SSSR count). The number of nitrogens with two attached hydrogens (primary N) is 1. The third-order valence-electron chi connectivity index (χ3n) is 2.45. The van der Waals surface area contributed by atoms with Crippen molar-refractivity contribution in [1.29, 1.82) is 0 Å². The molecule has 1 amide bonds. The van der Waals surface area contributed by atoms with E-state index >= 15 is 0 Å². The first-order valence-electron chi connectivity index (χ1n) is 5.36. The number of aryl methyl sites for hydroxylation is 1. The summed E-state index contributed by atoms with van der Waals surface area (Å²) in [6, 6.07) is 8.67. The number of hydrogen-bond donors (Lipinski definition) is 2. The van der Waals surface area contributed by atoms with Gasteiger partial charge in [0.1, 0.15) is 5.82 Å². The SMILES string of the molecule is Cc1ccc(Cl)c(NC(=O)c2cccnc2N)c1. The largest absolute Gasteiger partial charge is 0.383 e. The van der Waals surface area contributed by atoms with Crippen molar-refractivity contribution in [3.8, 4) is 0 Å². The highest BCUT2D eigenvalue weighted by Gasteiger charge is 2.11. The van der Waals surface area contributed by atoms with Gasteiger partial charge in [0.05, 0.1) is 16.3 Å². The van der Waals surface area contributed by atoms with Gasteiger partial charge in [-0.1, -0.05) is 17.7 Å². The maximum absolute atomic E-state index is 12.0. The van der Waals surface area contributed by atoms with Gasteiger partial charge in [-0.2, -0.15) is 0 Å². The molecule has 4 nitrogen and oxygen atoms in total. The third kappa shape index (κ3) is 2.60. The van der Waals surface area contributed by atoms with Crippen LogP contribution in [0.1, 0.15) is 15.9 Å². The summed E-state index contributed by atoms with van der Waals surface area (Å²) in [5.41, 5.74) is 7.54. The Kier molecular flexibility index (Phi) is 3.48. The Balaban J connectivity index is 2.27. The number of amides is 1. The molecule has 2 aromatic rings. The van der Waals surface area contributed by atoms with Gasteiger partial charge < -0.3 is 11.1 Å². The number of nitrogen functional groups attached to an aromatic ring is 1. The minimum absolute atomic E-state index is 0.193. The second kappa shape index (κ2) is 5.06. The number of rotatable bonds is 2. The van der Waals surface area contributed by atoms with Crippen LogP contribution < -0.4 is 11.1 Å². The molecular formula is C13H12ClN3O. The van der Waals surface area contributed by atoms with E-state index in [9.17, 15) is 4.79 Å². The van der Waals surface area contributed by atoms with Crippen molar-refractivity contribution in [2.45, 2.75) is 6.92 Å². The molecule has 0 radical (unpaired) electrons. The Morgan fingerprint density at radius 3 is 2.89 bits per heavy atom. The molecule has 18 heavy (non-hydrogen) atoms. The zero-order chi connectivity index (χ0) is 13.1. The number of carbonyl (C=O) groups excluding carboxylic acids is 1. The highest BCUT2D eigenvalue weighted by Crippen LogP contribution is 2.23. The first kappa shape index (κ1) is 12.4. The van der Waals surface area contributed by atoms with Crippen LogP contribution in [0.5, 0.6) is 0 Å². The van der Waals surface area contributed by atoms with E-state index in [1.165, 1.54) is 6.20 Å². The quantitative estimate of drug-likeness (QED) is 0.873. The average molecular weight is 262 g/mol. The summed E-state index contributed by atoms with van der Waals surface area (Å²) in [4.78, 5) is 15.9. The summed E-state index contributed by atoms with van der Waals surface area (Å²) in [6.45, 7) is 1.92. The van der Waals surface area contributed by atoms with Crippen LogP contribution in [0, 0.1) is 6.92 Å². The molecular weight excluding hydrogens is 250 g/mol. The Morgan fingerprint density at radius 1 is 1.39 bits per heavy atom. The van der Waals surface area contributed by atoms with Crippen LogP contribution in [0.3, 0.4) is 0 Å². The number of carbonyl (C=O) groups is 1.